The zero-order valence-corrected chi connectivity index (χ0v) is 15.2. The van der Waals surface area contributed by atoms with Gasteiger partial charge in [0.25, 0.3) is 0 Å². The number of anilines is 1. The number of aryl methyl sites for hydroxylation is 2. The summed E-state index contributed by atoms with van der Waals surface area (Å²) in [7, 11) is 1.46. The van der Waals surface area contributed by atoms with Crippen LogP contribution in [0, 0.1) is 19.7 Å². The van der Waals surface area contributed by atoms with E-state index < -0.39 is 0 Å². The maximum Gasteiger partial charge on any atom is 0.165 e. The molecule has 0 fully saturated rings. The van der Waals surface area contributed by atoms with Gasteiger partial charge in [-0.25, -0.2) is 9.37 Å². The van der Waals surface area contributed by atoms with Gasteiger partial charge in [-0.1, -0.05) is 18.2 Å². The van der Waals surface area contributed by atoms with Crippen molar-refractivity contribution in [2.75, 3.05) is 11.8 Å². The molecule has 0 bridgehead atoms. The Morgan fingerprint density at radius 3 is 2.56 bits per heavy atom. The van der Waals surface area contributed by atoms with E-state index in [1.165, 1.54) is 25.1 Å². The van der Waals surface area contributed by atoms with Crippen LogP contribution < -0.4 is 9.46 Å². The maximum absolute atomic E-state index is 13.9. The molecule has 1 N–H and O–H groups in total. The highest BCUT2D eigenvalue weighted by atomic mass is 32.2. The molecule has 128 valence electrons. The summed E-state index contributed by atoms with van der Waals surface area (Å²) in [6.07, 6.45) is 0. The van der Waals surface area contributed by atoms with Gasteiger partial charge in [0.05, 0.1) is 7.11 Å². The van der Waals surface area contributed by atoms with Crippen molar-refractivity contribution in [3.8, 4) is 16.9 Å². The fraction of sp³-hybridized carbons (Fsp3) is 0.150. The molecule has 0 radical (unpaired) electrons. The van der Waals surface area contributed by atoms with E-state index in [0.717, 1.165) is 33.1 Å². The highest BCUT2D eigenvalue weighted by Gasteiger charge is 2.08. The van der Waals surface area contributed by atoms with Crippen molar-refractivity contribution in [2.24, 2.45) is 0 Å². The summed E-state index contributed by atoms with van der Waals surface area (Å²) in [5.74, 6) is 0.720. The molecule has 2 aromatic carbocycles. The largest absolute Gasteiger partial charge is 0.494 e. The molecule has 3 rings (SSSR count). The Morgan fingerprint density at radius 1 is 1.04 bits per heavy atom. The lowest BCUT2D eigenvalue weighted by Gasteiger charge is -2.11. The van der Waals surface area contributed by atoms with E-state index in [1.54, 1.807) is 6.07 Å². The van der Waals surface area contributed by atoms with Crippen LogP contribution in [0.5, 0.6) is 5.75 Å². The smallest absolute Gasteiger partial charge is 0.165 e. The third-order valence-corrected chi connectivity index (χ3v) is 4.62. The zero-order chi connectivity index (χ0) is 17.8. The number of benzene rings is 2. The quantitative estimate of drug-likeness (QED) is 0.602. The first kappa shape index (κ1) is 17.3. The lowest BCUT2D eigenvalue weighted by molar-refractivity contribution is 0.386. The van der Waals surface area contributed by atoms with Gasteiger partial charge in [0.2, 0.25) is 0 Å². The standard InChI is InChI=1S/C20H19FN2OS/c1-13-11-16(25-23-20-6-4-5-14(2)22-20)8-9-17(13)15-7-10-19(24-3)18(21)12-15/h4-12H,1-3H3,(H,22,23). The molecular weight excluding hydrogens is 335 g/mol. The molecule has 0 unspecified atom stereocenters. The van der Waals surface area contributed by atoms with Gasteiger partial charge < -0.3 is 9.46 Å². The number of ether oxygens (including phenoxy) is 1. The van der Waals surface area contributed by atoms with Crippen LogP contribution in [0.25, 0.3) is 11.1 Å². The minimum absolute atomic E-state index is 0.253. The third-order valence-electron chi connectivity index (χ3n) is 3.82. The number of pyridine rings is 1. The molecule has 3 nitrogen and oxygen atoms in total. The molecule has 0 atom stereocenters. The van der Waals surface area contributed by atoms with Crippen LogP contribution in [0.4, 0.5) is 10.2 Å². The first-order valence-corrected chi connectivity index (χ1v) is 8.69. The molecule has 0 aliphatic heterocycles. The fourth-order valence-electron chi connectivity index (χ4n) is 2.57. The number of methoxy groups -OCH3 is 1. The van der Waals surface area contributed by atoms with Crippen LogP contribution in [0.3, 0.4) is 0 Å². The number of halogens is 1. The van der Waals surface area contributed by atoms with Gasteiger partial charge in [0.1, 0.15) is 5.82 Å². The molecule has 1 heterocycles. The third kappa shape index (κ3) is 4.12. The van der Waals surface area contributed by atoms with E-state index in [1.807, 2.05) is 50.2 Å². The zero-order valence-electron chi connectivity index (χ0n) is 14.3. The summed E-state index contributed by atoms with van der Waals surface area (Å²) in [6, 6.07) is 17.0. The number of hydrogen-bond donors (Lipinski definition) is 1. The molecule has 0 aliphatic rings. The van der Waals surface area contributed by atoms with E-state index in [-0.39, 0.29) is 11.6 Å². The fourth-order valence-corrected chi connectivity index (χ4v) is 3.28. The second-order valence-corrected chi connectivity index (χ2v) is 6.57. The average Bonchev–Trinajstić information content (AvgIpc) is 2.60. The van der Waals surface area contributed by atoms with Gasteiger partial charge >= 0.3 is 0 Å². The van der Waals surface area contributed by atoms with E-state index in [9.17, 15) is 4.39 Å². The monoisotopic (exact) mass is 354 g/mol. The Bertz CT molecular complexity index is 899. The predicted molar refractivity (Wildman–Crippen MR) is 102 cm³/mol. The van der Waals surface area contributed by atoms with Crippen molar-refractivity contribution in [1.82, 2.24) is 4.98 Å². The van der Waals surface area contributed by atoms with Crippen LogP contribution in [-0.2, 0) is 0 Å². The molecule has 0 aliphatic carbocycles. The number of hydrogen-bond acceptors (Lipinski definition) is 4. The lowest BCUT2D eigenvalue weighted by Crippen LogP contribution is -1.93. The molecule has 5 heteroatoms. The van der Waals surface area contributed by atoms with Crippen molar-refractivity contribution in [1.29, 1.82) is 0 Å². The number of nitrogens with zero attached hydrogens (tertiary/aromatic N) is 1. The van der Waals surface area contributed by atoms with Crippen LogP contribution in [0.2, 0.25) is 0 Å². The van der Waals surface area contributed by atoms with Crippen molar-refractivity contribution in [3.63, 3.8) is 0 Å². The summed E-state index contributed by atoms with van der Waals surface area (Å²) >= 11 is 1.50. The Hall–Kier alpha value is -2.53. The van der Waals surface area contributed by atoms with Crippen molar-refractivity contribution in [3.05, 3.63) is 71.7 Å². The van der Waals surface area contributed by atoms with Gasteiger partial charge in [-0.05, 0) is 78.9 Å². The molecule has 3 aromatic rings. The Labute approximate surface area is 151 Å². The van der Waals surface area contributed by atoms with Gasteiger partial charge in [-0.15, -0.1) is 0 Å². The summed E-state index contributed by atoms with van der Waals surface area (Å²) in [5, 5.41) is 0. The molecular formula is C20H19FN2OS. The summed E-state index contributed by atoms with van der Waals surface area (Å²) in [5.41, 5.74) is 3.88. The minimum Gasteiger partial charge on any atom is -0.494 e. The van der Waals surface area contributed by atoms with Crippen LogP contribution in [0.1, 0.15) is 11.3 Å². The molecule has 0 amide bonds. The Morgan fingerprint density at radius 2 is 1.88 bits per heavy atom. The second kappa shape index (κ2) is 7.57. The summed E-state index contributed by atoms with van der Waals surface area (Å²) in [4.78, 5) is 5.48. The van der Waals surface area contributed by atoms with Crippen molar-refractivity contribution < 1.29 is 9.13 Å². The Kier molecular flexibility index (Phi) is 5.24. The number of aromatic nitrogens is 1. The molecule has 25 heavy (non-hydrogen) atoms. The predicted octanol–water partition coefficient (Wildman–Crippen LogP) is 5.63. The van der Waals surface area contributed by atoms with E-state index in [4.69, 9.17) is 4.74 Å². The van der Waals surface area contributed by atoms with Crippen LogP contribution >= 0.6 is 11.9 Å². The molecule has 0 saturated carbocycles. The van der Waals surface area contributed by atoms with Gasteiger partial charge in [-0.3, -0.25) is 0 Å². The molecule has 1 aromatic heterocycles. The Balaban J connectivity index is 1.77. The van der Waals surface area contributed by atoms with E-state index in [0.29, 0.717) is 0 Å². The minimum atomic E-state index is -0.356. The summed E-state index contributed by atoms with van der Waals surface area (Å²) < 4.78 is 22.2. The van der Waals surface area contributed by atoms with E-state index in [2.05, 4.69) is 15.8 Å². The highest BCUT2D eigenvalue weighted by molar-refractivity contribution is 8.00. The average molecular weight is 354 g/mol. The SMILES string of the molecule is COc1ccc(-c2ccc(SNc3cccc(C)n3)cc2C)cc1F. The van der Waals surface area contributed by atoms with E-state index >= 15 is 0 Å². The van der Waals surface area contributed by atoms with Crippen LogP contribution in [0.15, 0.2) is 59.5 Å². The first-order valence-electron chi connectivity index (χ1n) is 7.88. The number of rotatable bonds is 5. The normalized spacial score (nSPS) is 10.6. The summed E-state index contributed by atoms with van der Waals surface area (Å²) in [6.45, 7) is 3.98. The van der Waals surface area contributed by atoms with Gasteiger partial charge in [-0.2, -0.15) is 0 Å². The second-order valence-electron chi connectivity index (χ2n) is 5.69. The molecule has 0 spiro atoms. The first-order chi connectivity index (χ1) is 12.1. The van der Waals surface area contributed by atoms with Gasteiger partial charge in [0, 0.05) is 10.6 Å². The highest BCUT2D eigenvalue weighted by Crippen LogP contribution is 2.30. The number of nitrogens with one attached hydrogen (secondary N) is 1. The van der Waals surface area contributed by atoms with Crippen molar-refractivity contribution >= 4 is 17.8 Å². The lowest BCUT2D eigenvalue weighted by atomic mass is 10.0. The molecule has 0 saturated heterocycles. The topological polar surface area (TPSA) is 34.1 Å². The van der Waals surface area contributed by atoms with Gasteiger partial charge in [0.15, 0.2) is 11.6 Å². The van der Waals surface area contributed by atoms with Crippen molar-refractivity contribution in [2.45, 2.75) is 18.7 Å². The maximum atomic E-state index is 13.9. The van der Waals surface area contributed by atoms with Crippen LogP contribution in [-0.4, -0.2) is 12.1 Å².